The number of nitrogens with one attached hydrogen (secondary N) is 1. The van der Waals surface area contributed by atoms with E-state index in [1.54, 1.807) is 0 Å². The van der Waals surface area contributed by atoms with Crippen LogP contribution in [0.15, 0.2) is 34.5 Å². The van der Waals surface area contributed by atoms with Crippen molar-refractivity contribution in [3.05, 3.63) is 35.4 Å². The Morgan fingerprint density at radius 3 is 2.14 bits per heavy atom. The molecular formula is C20H20F3N3O3. The molecular weight excluding hydrogens is 387 g/mol. The van der Waals surface area contributed by atoms with Crippen molar-refractivity contribution in [1.29, 1.82) is 0 Å². The molecule has 0 saturated heterocycles. The van der Waals surface area contributed by atoms with Gasteiger partial charge in [-0.3, -0.25) is 9.59 Å². The third-order valence-electron chi connectivity index (χ3n) is 7.62. The molecule has 0 bridgehead atoms. The van der Waals surface area contributed by atoms with E-state index in [0.29, 0.717) is 18.4 Å². The fraction of sp³-hybridized carbons (Fsp3) is 0.600. The molecule has 5 rings (SSSR count). The highest BCUT2D eigenvalue weighted by Gasteiger charge is 2.84. The Morgan fingerprint density at radius 2 is 1.72 bits per heavy atom. The van der Waals surface area contributed by atoms with Gasteiger partial charge >= 0.3 is 17.8 Å². The zero-order chi connectivity index (χ0) is 20.7. The number of carboxylic acids is 1. The van der Waals surface area contributed by atoms with Crippen LogP contribution in [0.4, 0.5) is 13.2 Å². The number of carbonyl (C=O) groups excluding carboxylic acids is 1. The number of aliphatic carboxylic acids is 1. The fourth-order valence-corrected chi connectivity index (χ4v) is 5.83. The number of fused-ring (bicyclic) bond motifs is 1. The fourth-order valence-electron chi connectivity index (χ4n) is 5.83. The molecule has 2 N–H and O–H groups in total. The summed E-state index contributed by atoms with van der Waals surface area (Å²) in [6.45, 7) is 0.212. The van der Waals surface area contributed by atoms with E-state index in [1.807, 2.05) is 0 Å². The molecule has 1 heterocycles. The van der Waals surface area contributed by atoms with Gasteiger partial charge in [0, 0.05) is 18.0 Å². The van der Waals surface area contributed by atoms with E-state index < -0.39 is 17.8 Å². The summed E-state index contributed by atoms with van der Waals surface area (Å²) in [7, 11) is 0. The lowest BCUT2D eigenvalue weighted by atomic mass is 9.62. The molecule has 6 nitrogen and oxygen atoms in total. The van der Waals surface area contributed by atoms with E-state index >= 15 is 0 Å². The second-order valence-electron chi connectivity index (χ2n) is 8.83. The first kappa shape index (κ1) is 18.6. The molecule has 3 saturated carbocycles. The Morgan fingerprint density at radius 1 is 1.10 bits per heavy atom. The van der Waals surface area contributed by atoms with Crippen molar-refractivity contribution in [2.24, 2.45) is 32.9 Å². The van der Waals surface area contributed by atoms with E-state index in [-0.39, 0.29) is 40.7 Å². The Balaban J connectivity index is 1.15. The summed E-state index contributed by atoms with van der Waals surface area (Å²) in [5.74, 6) is -1.35. The highest BCUT2D eigenvalue weighted by atomic mass is 19.4. The van der Waals surface area contributed by atoms with Crippen LogP contribution in [0.5, 0.6) is 0 Å². The van der Waals surface area contributed by atoms with Gasteiger partial charge in [-0.2, -0.15) is 13.2 Å². The summed E-state index contributed by atoms with van der Waals surface area (Å²) in [5.41, 5.74) is -2.06. The molecule has 1 amide bonds. The summed E-state index contributed by atoms with van der Waals surface area (Å²) in [6.07, 6.45) is -0.366. The standard InChI is InChI=1S/C20H20F3N3O3/c21-20(22,23)19(25-26-19)13-4-2-11(3-5-13)10-24-15(27)12-8-18(9-12)14(16(28)29)17(18)6-1-7-17/h2-5,12,14H,1,6-10H2,(H,24,27)(H,28,29). The maximum atomic E-state index is 13.0. The van der Waals surface area contributed by atoms with Crippen LogP contribution in [0.25, 0.3) is 0 Å². The summed E-state index contributed by atoms with van der Waals surface area (Å²) >= 11 is 0. The van der Waals surface area contributed by atoms with E-state index in [9.17, 15) is 27.9 Å². The summed E-state index contributed by atoms with van der Waals surface area (Å²) in [6, 6.07) is 5.71. The number of amides is 1. The number of nitrogens with zero attached hydrogens (tertiary/aromatic N) is 2. The minimum Gasteiger partial charge on any atom is -0.481 e. The lowest BCUT2D eigenvalue weighted by molar-refractivity contribution is -0.166. The zero-order valence-corrected chi connectivity index (χ0v) is 15.5. The first-order valence-corrected chi connectivity index (χ1v) is 9.76. The van der Waals surface area contributed by atoms with Crippen LogP contribution in [0.3, 0.4) is 0 Å². The normalized spacial score (nSPS) is 32.4. The molecule has 1 atom stereocenters. The molecule has 1 aromatic rings. The Hall–Kier alpha value is -2.45. The van der Waals surface area contributed by atoms with E-state index in [4.69, 9.17) is 0 Å². The quantitative estimate of drug-likeness (QED) is 0.779. The monoisotopic (exact) mass is 407 g/mol. The molecule has 1 aliphatic heterocycles. The third kappa shape index (κ3) is 2.36. The van der Waals surface area contributed by atoms with Crippen LogP contribution >= 0.6 is 0 Å². The number of benzene rings is 1. The van der Waals surface area contributed by atoms with Crippen molar-refractivity contribution in [3.63, 3.8) is 0 Å². The lowest BCUT2D eigenvalue weighted by Gasteiger charge is -2.42. The topological polar surface area (TPSA) is 91.1 Å². The number of hydrogen-bond donors (Lipinski definition) is 2. The second-order valence-corrected chi connectivity index (χ2v) is 8.83. The van der Waals surface area contributed by atoms with Crippen molar-refractivity contribution >= 4 is 11.9 Å². The van der Waals surface area contributed by atoms with Gasteiger partial charge in [0.2, 0.25) is 5.91 Å². The van der Waals surface area contributed by atoms with Gasteiger partial charge in [-0.1, -0.05) is 30.7 Å². The molecule has 1 unspecified atom stereocenters. The number of rotatable bonds is 5. The predicted octanol–water partition coefficient (Wildman–Crippen LogP) is 3.76. The average molecular weight is 407 g/mol. The number of alkyl halides is 3. The largest absolute Gasteiger partial charge is 0.481 e. The maximum Gasteiger partial charge on any atom is 0.442 e. The first-order chi connectivity index (χ1) is 13.7. The third-order valence-corrected chi connectivity index (χ3v) is 7.62. The van der Waals surface area contributed by atoms with Crippen LogP contribution in [0, 0.1) is 22.7 Å². The Bertz CT molecular complexity index is 909. The average Bonchev–Trinajstić information content (AvgIpc) is 3.47. The van der Waals surface area contributed by atoms with Crippen LogP contribution in [0.1, 0.15) is 43.2 Å². The van der Waals surface area contributed by atoms with Gasteiger partial charge in [-0.15, -0.1) is 10.2 Å². The van der Waals surface area contributed by atoms with Gasteiger partial charge in [-0.25, -0.2) is 0 Å². The Labute approximate surface area is 164 Å². The maximum absolute atomic E-state index is 13.0. The van der Waals surface area contributed by atoms with Crippen LogP contribution in [-0.4, -0.2) is 23.2 Å². The lowest BCUT2D eigenvalue weighted by Crippen LogP contribution is -2.43. The molecule has 154 valence electrons. The number of hydrogen-bond acceptors (Lipinski definition) is 4. The molecule has 0 radical (unpaired) electrons. The van der Waals surface area contributed by atoms with Crippen LogP contribution < -0.4 is 5.32 Å². The molecule has 3 fully saturated rings. The van der Waals surface area contributed by atoms with Gasteiger partial charge in [0.25, 0.3) is 0 Å². The molecule has 0 aromatic heterocycles. The minimum atomic E-state index is -4.56. The molecule has 3 aliphatic carbocycles. The first-order valence-electron chi connectivity index (χ1n) is 9.76. The SMILES string of the molecule is O=C(NCc1ccc(C2(C(F)(F)F)N=N2)cc1)C1CC2(C1)C(C(=O)O)C21CCC1. The predicted molar refractivity (Wildman–Crippen MR) is 93.4 cm³/mol. The molecule has 2 spiro atoms. The van der Waals surface area contributed by atoms with Gasteiger partial charge in [0.05, 0.1) is 5.92 Å². The van der Waals surface area contributed by atoms with Crippen molar-refractivity contribution in [2.45, 2.75) is 50.5 Å². The van der Waals surface area contributed by atoms with Crippen molar-refractivity contribution < 1.29 is 27.9 Å². The highest BCUT2D eigenvalue weighted by Crippen LogP contribution is 2.85. The molecule has 1 aromatic carbocycles. The van der Waals surface area contributed by atoms with E-state index in [0.717, 1.165) is 19.3 Å². The van der Waals surface area contributed by atoms with Crippen molar-refractivity contribution in [2.75, 3.05) is 0 Å². The number of halogens is 3. The second kappa shape index (κ2) is 5.58. The van der Waals surface area contributed by atoms with Gasteiger partial charge in [0.1, 0.15) is 0 Å². The van der Waals surface area contributed by atoms with Gasteiger partial charge < -0.3 is 10.4 Å². The van der Waals surface area contributed by atoms with Crippen molar-refractivity contribution in [1.82, 2.24) is 5.32 Å². The molecule has 4 aliphatic rings. The van der Waals surface area contributed by atoms with Crippen LogP contribution in [-0.2, 0) is 21.8 Å². The zero-order valence-electron chi connectivity index (χ0n) is 15.5. The Kier molecular flexibility index (Phi) is 3.57. The minimum absolute atomic E-state index is 0.0414. The molecule has 9 heteroatoms. The summed E-state index contributed by atoms with van der Waals surface area (Å²) < 4.78 is 39.1. The van der Waals surface area contributed by atoms with Gasteiger partial charge in [-0.05, 0) is 42.1 Å². The smallest absolute Gasteiger partial charge is 0.442 e. The summed E-state index contributed by atoms with van der Waals surface area (Å²) in [5, 5.41) is 18.6. The van der Waals surface area contributed by atoms with E-state index in [1.165, 1.54) is 24.3 Å². The van der Waals surface area contributed by atoms with Crippen molar-refractivity contribution in [3.8, 4) is 0 Å². The molecule has 29 heavy (non-hydrogen) atoms. The highest BCUT2D eigenvalue weighted by molar-refractivity contribution is 5.83. The number of carboxylic acid groups (broad SMARTS) is 1. The van der Waals surface area contributed by atoms with Gasteiger partial charge in [0.15, 0.2) is 0 Å². The van der Waals surface area contributed by atoms with E-state index in [2.05, 4.69) is 15.5 Å². The summed E-state index contributed by atoms with van der Waals surface area (Å²) in [4.78, 5) is 24.0. The number of carbonyl (C=O) groups is 2. The van der Waals surface area contributed by atoms with Crippen LogP contribution in [0.2, 0.25) is 0 Å².